The number of rotatable bonds is 1. The van der Waals surface area contributed by atoms with Crippen LogP contribution in [0.15, 0.2) is 24.3 Å². The zero-order chi connectivity index (χ0) is 15.4. The fraction of sp³-hybridized carbons (Fsp3) is 0.250. The third-order valence-electron chi connectivity index (χ3n) is 4.34. The quantitative estimate of drug-likeness (QED) is 0.541. The van der Waals surface area contributed by atoms with Crippen LogP contribution in [0.5, 0.6) is 0 Å². The molecule has 1 aromatic carbocycles. The molecule has 0 aliphatic rings. The van der Waals surface area contributed by atoms with Gasteiger partial charge in [-0.3, -0.25) is 0 Å². The number of aromatic nitrogens is 6. The van der Waals surface area contributed by atoms with Gasteiger partial charge in [0.25, 0.3) is 5.95 Å². The van der Waals surface area contributed by atoms with Crippen molar-refractivity contribution in [3.05, 3.63) is 41.2 Å². The Hall–Kier alpha value is -2.76. The molecule has 110 valence electrons. The number of hydrogen-bond acceptors (Lipinski definition) is 4. The Labute approximate surface area is 127 Å². The van der Waals surface area contributed by atoms with E-state index in [4.69, 9.17) is 0 Å². The molecule has 22 heavy (non-hydrogen) atoms. The molecular formula is C16H16N6. The third-order valence-corrected chi connectivity index (χ3v) is 4.34. The van der Waals surface area contributed by atoms with Gasteiger partial charge in [0, 0.05) is 18.1 Å². The first-order valence-electron chi connectivity index (χ1n) is 7.19. The van der Waals surface area contributed by atoms with Gasteiger partial charge in [-0.05, 0) is 32.4 Å². The number of para-hydroxylation sites is 1. The Morgan fingerprint density at radius 2 is 1.77 bits per heavy atom. The first-order valence-corrected chi connectivity index (χ1v) is 7.19. The Balaban J connectivity index is 2.03. The second-order valence-corrected chi connectivity index (χ2v) is 5.57. The molecule has 0 saturated heterocycles. The van der Waals surface area contributed by atoms with Gasteiger partial charge < -0.3 is 4.57 Å². The lowest BCUT2D eigenvalue weighted by Gasteiger charge is -2.02. The zero-order valence-corrected chi connectivity index (χ0v) is 13.0. The van der Waals surface area contributed by atoms with E-state index >= 15 is 0 Å². The summed E-state index contributed by atoms with van der Waals surface area (Å²) in [5.41, 5.74) is 5.91. The zero-order valence-electron chi connectivity index (χ0n) is 13.0. The molecular weight excluding hydrogens is 276 g/mol. The molecule has 6 nitrogen and oxygen atoms in total. The number of aryl methyl sites for hydroxylation is 2. The molecule has 0 unspecified atom stereocenters. The Kier molecular flexibility index (Phi) is 2.57. The minimum Gasteiger partial charge on any atom is -0.327 e. The van der Waals surface area contributed by atoms with Gasteiger partial charge in [0.1, 0.15) is 5.52 Å². The maximum absolute atomic E-state index is 4.69. The highest BCUT2D eigenvalue weighted by molar-refractivity contribution is 6.03. The second kappa shape index (κ2) is 4.37. The van der Waals surface area contributed by atoms with E-state index in [-0.39, 0.29) is 0 Å². The van der Waals surface area contributed by atoms with Crippen LogP contribution in [0.3, 0.4) is 0 Å². The number of hydrogen-bond donors (Lipinski definition) is 0. The van der Waals surface area contributed by atoms with Gasteiger partial charge in [-0.1, -0.05) is 18.2 Å². The van der Waals surface area contributed by atoms with Crippen molar-refractivity contribution in [2.45, 2.75) is 20.8 Å². The van der Waals surface area contributed by atoms with Crippen LogP contribution >= 0.6 is 0 Å². The van der Waals surface area contributed by atoms with Gasteiger partial charge in [-0.2, -0.15) is 10.1 Å². The molecule has 0 N–H and O–H groups in total. The van der Waals surface area contributed by atoms with E-state index in [2.05, 4.69) is 33.3 Å². The predicted octanol–water partition coefficient (Wildman–Crippen LogP) is 2.63. The van der Waals surface area contributed by atoms with E-state index in [1.807, 2.05) is 43.7 Å². The molecule has 0 saturated carbocycles. The summed E-state index contributed by atoms with van der Waals surface area (Å²) in [7, 11) is 2.00. The summed E-state index contributed by atoms with van der Waals surface area (Å²) in [6.07, 6.45) is 0. The molecule has 6 heteroatoms. The van der Waals surface area contributed by atoms with Crippen LogP contribution in [-0.2, 0) is 7.05 Å². The monoisotopic (exact) mass is 292 g/mol. The van der Waals surface area contributed by atoms with Crippen LogP contribution in [0.4, 0.5) is 0 Å². The first kappa shape index (κ1) is 12.9. The highest BCUT2D eigenvalue weighted by Gasteiger charge is 2.15. The summed E-state index contributed by atoms with van der Waals surface area (Å²) >= 11 is 0. The van der Waals surface area contributed by atoms with Gasteiger partial charge in [0.2, 0.25) is 0 Å². The largest absolute Gasteiger partial charge is 0.327 e. The van der Waals surface area contributed by atoms with Crippen molar-refractivity contribution in [2.75, 3.05) is 0 Å². The lowest BCUT2D eigenvalue weighted by Crippen LogP contribution is -2.07. The molecule has 4 aromatic rings. The fourth-order valence-electron chi connectivity index (χ4n) is 2.80. The highest BCUT2D eigenvalue weighted by atomic mass is 15.4. The number of nitrogens with zero attached hydrogens (tertiary/aromatic N) is 6. The molecule has 0 fully saturated rings. The number of benzene rings is 1. The minimum absolute atomic E-state index is 0.507. The van der Waals surface area contributed by atoms with E-state index in [0.29, 0.717) is 5.95 Å². The smallest absolute Gasteiger partial charge is 0.272 e. The molecule has 0 bridgehead atoms. The molecule has 4 rings (SSSR count). The minimum atomic E-state index is 0.507. The van der Waals surface area contributed by atoms with Crippen LogP contribution in [0.25, 0.3) is 28.0 Å². The Bertz CT molecular complexity index is 1020. The summed E-state index contributed by atoms with van der Waals surface area (Å²) in [5.74, 6) is 0.507. The van der Waals surface area contributed by atoms with Gasteiger partial charge in [0.15, 0.2) is 5.65 Å². The Morgan fingerprint density at radius 1 is 1.00 bits per heavy atom. The maximum Gasteiger partial charge on any atom is 0.272 e. The van der Waals surface area contributed by atoms with Crippen molar-refractivity contribution in [3.63, 3.8) is 0 Å². The maximum atomic E-state index is 4.69. The summed E-state index contributed by atoms with van der Waals surface area (Å²) < 4.78 is 3.80. The van der Waals surface area contributed by atoms with E-state index in [9.17, 15) is 0 Å². The van der Waals surface area contributed by atoms with Crippen molar-refractivity contribution < 1.29 is 0 Å². The van der Waals surface area contributed by atoms with Crippen molar-refractivity contribution in [1.82, 2.24) is 29.5 Å². The highest BCUT2D eigenvalue weighted by Crippen LogP contribution is 2.25. The fourth-order valence-corrected chi connectivity index (χ4v) is 2.80. The molecule has 0 amide bonds. The van der Waals surface area contributed by atoms with Crippen molar-refractivity contribution in [1.29, 1.82) is 0 Å². The van der Waals surface area contributed by atoms with Gasteiger partial charge in [-0.15, -0.1) is 10.2 Å². The van der Waals surface area contributed by atoms with E-state index in [1.165, 1.54) is 0 Å². The standard InChI is InChI=1S/C16H16N6/c1-9-10(2)20-22(11(9)3)16-17-15-14(18-19-16)12-7-5-6-8-13(12)21(15)4/h5-8H,1-4H3. The van der Waals surface area contributed by atoms with Crippen molar-refractivity contribution in [2.24, 2.45) is 7.05 Å². The first-order chi connectivity index (χ1) is 10.6. The molecule has 0 aliphatic carbocycles. The molecule has 0 aliphatic heterocycles. The van der Waals surface area contributed by atoms with E-state index < -0.39 is 0 Å². The SMILES string of the molecule is Cc1nn(-c2nnc3c4ccccc4n(C)c3n2)c(C)c1C. The van der Waals surface area contributed by atoms with Crippen LogP contribution in [0.1, 0.15) is 17.0 Å². The van der Waals surface area contributed by atoms with Crippen molar-refractivity contribution >= 4 is 22.1 Å². The van der Waals surface area contributed by atoms with Crippen LogP contribution in [-0.4, -0.2) is 29.5 Å². The van der Waals surface area contributed by atoms with E-state index in [0.717, 1.165) is 39.0 Å². The van der Waals surface area contributed by atoms with E-state index in [1.54, 1.807) is 4.68 Å². The average molecular weight is 292 g/mol. The van der Waals surface area contributed by atoms with Crippen LogP contribution in [0, 0.1) is 20.8 Å². The summed E-state index contributed by atoms with van der Waals surface area (Å²) in [4.78, 5) is 4.69. The van der Waals surface area contributed by atoms with Crippen LogP contribution in [0.2, 0.25) is 0 Å². The summed E-state index contributed by atoms with van der Waals surface area (Å²) in [6, 6.07) is 8.12. The lowest BCUT2D eigenvalue weighted by molar-refractivity contribution is 0.752. The number of fused-ring (bicyclic) bond motifs is 3. The molecule has 3 aromatic heterocycles. The Morgan fingerprint density at radius 3 is 2.50 bits per heavy atom. The molecule has 0 spiro atoms. The second-order valence-electron chi connectivity index (χ2n) is 5.57. The molecule has 0 atom stereocenters. The van der Waals surface area contributed by atoms with Gasteiger partial charge in [0.05, 0.1) is 11.2 Å². The average Bonchev–Trinajstić information content (AvgIpc) is 2.97. The lowest BCUT2D eigenvalue weighted by atomic mass is 10.2. The summed E-state index contributed by atoms with van der Waals surface area (Å²) in [6.45, 7) is 6.06. The predicted molar refractivity (Wildman–Crippen MR) is 85.1 cm³/mol. The third kappa shape index (κ3) is 1.60. The van der Waals surface area contributed by atoms with Gasteiger partial charge in [-0.25, -0.2) is 4.68 Å². The molecule has 3 heterocycles. The normalized spacial score (nSPS) is 11.6. The summed E-state index contributed by atoms with van der Waals surface area (Å²) in [5, 5.41) is 14.3. The van der Waals surface area contributed by atoms with Crippen molar-refractivity contribution in [3.8, 4) is 5.95 Å². The topological polar surface area (TPSA) is 61.4 Å². The molecule has 0 radical (unpaired) electrons. The van der Waals surface area contributed by atoms with Gasteiger partial charge >= 0.3 is 0 Å². The van der Waals surface area contributed by atoms with Crippen LogP contribution < -0.4 is 0 Å².